The Bertz CT molecular complexity index is 531. The van der Waals surface area contributed by atoms with Gasteiger partial charge < -0.3 is 15.8 Å². The van der Waals surface area contributed by atoms with Crippen LogP contribution in [0.3, 0.4) is 0 Å². The van der Waals surface area contributed by atoms with Crippen LogP contribution < -0.4 is 15.8 Å². The van der Waals surface area contributed by atoms with Crippen LogP contribution in [0.4, 0.5) is 0 Å². The molecule has 1 aromatic rings. The van der Waals surface area contributed by atoms with Gasteiger partial charge in [0, 0.05) is 6.54 Å². The van der Waals surface area contributed by atoms with E-state index in [1.165, 1.54) is 18.4 Å². The van der Waals surface area contributed by atoms with Gasteiger partial charge in [-0.3, -0.25) is 9.69 Å². The summed E-state index contributed by atoms with van der Waals surface area (Å²) in [4.78, 5) is 14.8. The lowest BCUT2D eigenvalue weighted by Crippen LogP contribution is -2.50. The van der Waals surface area contributed by atoms with E-state index in [1.807, 2.05) is 32.9 Å². The summed E-state index contributed by atoms with van der Waals surface area (Å²) in [6.07, 6.45) is 2.42. The first-order valence-electron chi connectivity index (χ1n) is 8.74. The molecule has 1 aromatic carbocycles. The molecule has 24 heavy (non-hydrogen) atoms. The molecule has 0 saturated carbocycles. The van der Waals surface area contributed by atoms with Crippen LogP contribution in [-0.2, 0) is 4.79 Å². The van der Waals surface area contributed by atoms with E-state index >= 15 is 0 Å². The van der Waals surface area contributed by atoms with E-state index < -0.39 is 6.04 Å². The van der Waals surface area contributed by atoms with Crippen molar-refractivity contribution in [3.05, 3.63) is 29.8 Å². The minimum atomic E-state index is -0.507. The van der Waals surface area contributed by atoms with Gasteiger partial charge in [0.05, 0.1) is 19.2 Å². The lowest BCUT2D eigenvalue weighted by atomic mass is 9.87. The Morgan fingerprint density at radius 3 is 2.33 bits per heavy atom. The normalized spacial score (nSPS) is 18.2. The minimum Gasteiger partial charge on any atom is -0.497 e. The smallest absolute Gasteiger partial charge is 0.237 e. The molecular weight excluding hydrogens is 302 g/mol. The maximum Gasteiger partial charge on any atom is 0.237 e. The molecule has 1 saturated heterocycles. The number of benzene rings is 1. The summed E-state index contributed by atoms with van der Waals surface area (Å²) in [6, 6.07) is 7.78. The molecule has 5 heteroatoms. The highest BCUT2D eigenvalue weighted by Gasteiger charge is 2.29. The van der Waals surface area contributed by atoms with Gasteiger partial charge in [-0.15, -0.1) is 0 Å². The van der Waals surface area contributed by atoms with Gasteiger partial charge in [-0.2, -0.15) is 0 Å². The van der Waals surface area contributed by atoms with Crippen molar-refractivity contribution in [2.75, 3.05) is 26.7 Å². The Hall–Kier alpha value is -1.59. The zero-order chi connectivity index (χ0) is 17.7. The van der Waals surface area contributed by atoms with Crippen LogP contribution in [-0.4, -0.2) is 43.6 Å². The second-order valence-corrected chi connectivity index (χ2v) is 7.62. The largest absolute Gasteiger partial charge is 0.497 e. The SMILES string of the molecule is COc1ccc(C(CNC(=O)[C@@H](N)C(C)(C)C)N2CCCC2)cc1. The zero-order valence-corrected chi connectivity index (χ0v) is 15.3. The molecule has 2 atom stereocenters. The van der Waals surface area contributed by atoms with Gasteiger partial charge in [0.2, 0.25) is 5.91 Å². The van der Waals surface area contributed by atoms with Crippen molar-refractivity contribution in [2.24, 2.45) is 11.1 Å². The summed E-state index contributed by atoms with van der Waals surface area (Å²) in [5, 5.41) is 3.06. The predicted molar refractivity (Wildman–Crippen MR) is 97.0 cm³/mol. The Labute approximate surface area is 145 Å². The number of likely N-dealkylation sites (tertiary alicyclic amines) is 1. The van der Waals surface area contributed by atoms with Crippen molar-refractivity contribution in [1.29, 1.82) is 0 Å². The average molecular weight is 333 g/mol. The topological polar surface area (TPSA) is 67.6 Å². The second kappa shape index (κ2) is 7.99. The Morgan fingerprint density at radius 1 is 1.25 bits per heavy atom. The third-order valence-electron chi connectivity index (χ3n) is 4.77. The molecule has 1 unspecified atom stereocenters. The molecule has 1 heterocycles. The standard InChI is InChI=1S/C19H31N3O2/c1-19(2,3)17(20)18(23)21-13-16(22-11-5-6-12-22)14-7-9-15(24-4)10-8-14/h7-10,16-17H,5-6,11-13,20H2,1-4H3,(H,21,23)/t16?,17-/m1/s1. The number of rotatable bonds is 6. The number of nitrogens with two attached hydrogens (primary N) is 1. The van der Waals surface area contributed by atoms with Gasteiger partial charge in [-0.05, 0) is 49.0 Å². The highest BCUT2D eigenvalue weighted by molar-refractivity contribution is 5.82. The molecule has 1 aliphatic rings. The quantitative estimate of drug-likeness (QED) is 0.838. The Morgan fingerprint density at radius 2 is 1.83 bits per heavy atom. The maximum atomic E-state index is 12.4. The van der Waals surface area contributed by atoms with E-state index in [4.69, 9.17) is 10.5 Å². The van der Waals surface area contributed by atoms with Crippen LogP contribution >= 0.6 is 0 Å². The number of hydrogen-bond acceptors (Lipinski definition) is 4. The van der Waals surface area contributed by atoms with Crippen LogP contribution in [0.2, 0.25) is 0 Å². The highest BCUT2D eigenvalue weighted by atomic mass is 16.5. The van der Waals surface area contributed by atoms with Crippen LogP contribution in [0, 0.1) is 5.41 Å². The molecule has 0 aromatic heterocycles. The summed E-state index contributed by atoms with van der Waals surface area (Å²) < 4.78 is 5.24. The van der Waals surface area contributed by atoms with Gasteiger partial charge in [-0.25, -0.2) is 0 Å². The number of nitrogens with zero attached hydrogens (tertiary/aromatic N) is 1. The van der Waals surface area contributed by atoms with Crippen LogP contribution in [0.25, 0.3) is 0 Å². The van der Waals surface area contributed by atoms with Crippen LogP contribution in [0.5, 0.6) is 5.75 Å². The van der Waals surface area contributed by atoms with Crippen molar-refractivity contribution in [3.8, 4) is 5.75 Å². The first-order chi connectivity index (χ1) is 11.3. The molecule has 134 valence electrons. The van der Waals surface area contributed by atoms with E-state index in [0.717, 1.165) is 18.8 Å². The fraction of sp³-hybridized carbons (Fsp3) is 0.632. The fourth-order valence-electron chi connectivity index (χ4n) is 3.04. The van der Waals surface area contributed by atoms with Crippen molar-refractivity contribution in [3.63, 3.8) is 0 Å². The summed E-state index contributed by atoms with van der Waals surface area (Å²) >= 11 is 0. The Kier molecular flexibility index (Phi) is 6.24. The van der Waals surface area contributed by atoms with Gasteiger partial charge in [0.1, 0.15) is 5.75 Å². The number of nitrogens with one attached hydrogen (secondary N) is 1. The molecular formula is C19H31N3O2. The zero-order valence-electron chi connectivity index (χ0n) is 15.3. The summed E-state index contributed by atoms with van der Waals surface area (Å²) in [6.45, 7) is 8.67. The summed E-state index contributed by atoms with van der Waals surface area (Å²) in [7, 11) is 1.67. The van der Waals surface area contributed by atoms with Gasteiger partial charge >= 0.3 is 0 Å². The summed E-state index contributed by atoms with van der Waals surface area (Å²) in [5.41, 5.74) is 7.02. The van der Waals surface area contributed by atoms with Crippen molar-refractivity contribution in [1.82, 2.24) is 10.2 Å². The van der Waals surface area contributed by atoms with E-state index in [0.29, 0.717) is 6.54 Å². The fourth-order valence-corrected chi connectivity index (χ4v) is 3.04. The maximum absolute atomic E-state index is 12.4. The molecule has 1 amide bonds. The number of ether oxygens (including phenoxy) is 1. The van der Waals surface area contributed by atoms with Gasteiger partial charge in [0.15, 0.2) is 0 Å². The highest BCUT2D eigenvalue weighted by Crippen LogP contribution is 2.26. The molecule has 3 N–H and O–H groups in total. The molecule has 5 nitrogen and oxygen atoms in total. The minimum absolute atomic E-state index is 0.0831. The van der Waals surface area contributed by atoms with Crippen molar-refractivity contribution >= 4 is 5.91 Å². The van der Waals surface area contributed by atoms with E-state index in [-0.39, 0.29) is 17.4 Å². The first kappa shape index (κ1) is 18.7. The number of methoxy groups -OCH3 is 1. The molecule has 0 spiro atoms. The molecule has 1 fully saturated rings. The Balaban J connectivity index is 2.07. The third kappa shape index (κ3) is 4.71. The van der Waals surface area contributed by atoms with E-state index in [2.05, 4.69) is 22.3 Å². The predicted octanol–water partition coefficient (Wildman–Crippen LogP) is 2.32. The lowest BCUT2D eigenvalue weighted by molar-refractivity contribution is -0.124. The van der Waals surface area contributed by atoms with Crippen molar-refractivity contribution in [2.45, 2.75) is 45.7 Å². The molecule has 0 radical (unpaired) electrons. The average Bonchev–Trinajstić information content (AvgIpc) is 3.08. The number of amides is 1. The van der Waals surface area contributed by atoms with Crippen molar-refractivity contribution < 1.29 is 9.53 Å². The molecule has 0 bridgehead atoms. The number of carbonyl (C=O) groups is 1. The monoisotopic (exact) mass is 333 g/mol. The molecule has 2 rings (SSSR count). The first-order valence-corrected chi connectivity index (χ1v) is 8.74. The second-order valence-electron chi connectivity index (χ2n) is 7.62. The number of hydrogen-bond donors (Lipinski definition) is 2. The van der Waals surface area contributed by atoms with Crippen LogP contribution in [0.15, 0.2) is 24.3 Å². The third-order valence-corrected chi connectivity index (χ3v) is 4.77. The summed E-state index contributed by atoms with van der Waals surface area (Å²) in [5.74, 6) is 0.762. The van der Waals surface area contributed by atoms with Gasteiger partial charge in [0.25, 0.3) is 0 Å². The van der Waals surface area contributed by atoms with E-state index in [1.54, 1.807) is 7.11 Å². The molecule has 0 aliphatic carbocycles. The van der Waals surface area contributed by atoms with E-state index in [9.17, 15) is 4.79 Å². The molecule has 1 aliphatic heterocycles. The van der Waals surface area contributed by atoms with Crippen LogP contribution in [0.1, 0.15) is 45.2 Å². The lowest BCUT2D eigenvalue weighted by Gasteiger charge is -2.30. The van der Waals surface area contributed by atoms with Gasteiger partial charge in [-0.1, -0.05) is 32.9 Å². The number of carbonyl (C=O) groups excluding carboxylic acids is 1.